The molecule has 0 radical (unpaired) electrons. The van der Waals surface area contributed by atoms with E-state index < -0.39 is 31.8 Å². The second-order valence-corrected chi connectivity index (χ2v) is 14.6. The summed E-state index contributed by atoms with van der Waals surface area (Å²) < 4.78 is 0. The molecular formula is C33H56O6. The van der Waals surface area contributed by atoms with Crippen molar-refractivity contribution >= 4 is 0 Å². The van der Waals surface area contributed by atoms with Gasteiger partial charge < -0.3 is 30.6 Å². The van der Waals surface area contributed by atoms with Gasteiger partial charge in [0.15, 0.2) is 0 Å². The first-order chi connectivity index (χ1) is 17.5. The highest BCUT2D eigenvalue weighted by Crippen LogP contribution is 2.35. The van der Waals surface area contributed by atoms with Crippen LogP contribution in [0.15, 0.2) is 36.4 Å². The smallest absolute Gasteiger partial charge is 0.119 e. The van der Waals surface area contributed by atoms with Gasteiger partial charge in [0, 0.05) is 0 Å². The van der Waals surface area contributed by atoms with Crippen molar-refractivity contribution in [2.45, 2.75) is 105 Å². The van der Waals surface area contributed by atoms with Crippen molar-refractivity contribution in [3.8, 4) is 11.5 Å². The van der Waals surface area contributed by atoms with Crippen molar-refractivity contribution in [2.24, 2.45) is 5.41 Å². The molecule has 6 N–H and O–H groups in total. The zero-order chi connectivity index (χ0) is 31.0. The average Bonchev–Trinajstić information content (AvgIpc) is 2.79. The fourth-order valence-corrected chi connectivity index (χ4v) is 3.51. The van der Waals surface area contributed by atoms with Crippen molar-refractivity contribution < 1.29 is 30.6 Å². The molecule has 0 heterocycles. The van der Waals surface area contributed by atoms with Gasteiger partial charge in [0.2, 0.25) is 0 Å². The Morgan fingerprint density at radius 1 is 0.436 bits per heavy atom. The molecule has 2 rings (SSSR count). The van der Waals surface area contributed by atoms with Crippen LogP contribution in [0.2, 0.25) is 0 Å². The highest BCUT2D eigenvalue weighted by molar-refractivity contribution is 5.43. The minimum atomic E-state index is -1.11. The number of aliphatic hydroxyl groups is 4. The van der Waals surface area contributed by atoms with Crippen LogP contribution in [0, 0.1) is 5.41 Å². The Morgan fingerprint density at radius 3 is 0.846 bits per heavy atom. The fraction of sp³-hybridized carbons (Fsp3) is 0.636. The minimum absolute atomic E-state index is 0.00859. The second-order valence-electron chi connectivity index (χ2n) is 14.6. The molecule has 6 heteroatoms. The summed E-state index contributed by atoms with van der Waals surface area (Å²) in [6.45, 7) is 24.2. The largest absolute Gasteiger partial charge is 0.508 e. The maximum Gasteiger partial charge on any atom is 0.119 e. The molecule has 2 aromatic carbocycles. The third kappa shape index (κ3) is 11.5. The van der Waals surface area contributed by atoms with Crippen LogP contribution in [0.4, 0.5) is 0 Å². The van der Waals surface area contributed by atoms with E-state index in [4.69, 9.17) is 20.4 Å². The number of phenolic OH excluding ortho intramolecular Hbond substituents is 2. The van der Waals surface area contributed by atoms with Gasteiger partial charge in [-0.2, -0.15) is 0 Å². The lowest BCUT2D eigenvalue weighted by Crippen LogP contribution is -2.37. The topological polar surface area (TPSA) is 121 Å². The quantitative estimate of drug-likeness (QED) is 0.282. The van der Waals surface area contributed by atoms with Crippen LogP contribution < -0.4 is 0 Å². The van der Waals surface area contributed by atoms with Gasteiger partial charge >= 0.3 is 0 Å². The van der Waals surface area contributed by atoms with Crippen molar-refractivity contribution in [1.29, 1.82) is 0 Å². The lowest BCUT2D eigenvalue weighted by Gasteiger charge is -2.25. The van der Waals surface area contributed by atoms with Gasteiger partial charge in [-0.3, -0.25) is 0 Å². The molecule has 0 unspecified atom stereocenters. The molecular weight excluding hydrogens is 492 g/mol. The minimum Gasteiger partial charge on any atom is -0.508 e. The predicted molar refractivity (Wildman–Crippen MR) is 162 cm³/mol. The molecule has 0 fully saturated rings. The van der Waals surface area contributed by atoms with Crippen LogP contribution in [-0.4, -0.2) is 57.1 Å². The molecule has 0 aliphatic rings. The molecule has 0 amide bonds. The van der Waals surface area contributed by atoms with Gasteiger partial charge in [-0.05, 0) is 56.0 Å². The highest BCUT2D eigenvalue weighted by Gasteiger charge is 2.26. The van der Waals surface area contributed by atoms with Crippen LogP contribution in [0.3, 0.4) is 0 Å². The number of hydrogen-bond donors (Lipinski definition) is 6. The average molecular weight is 549 g/mol. The van der Waals surface area contributed by atoms with E-state index in [9.17, 15) is 10.2 Å². The van der Waals surface area contributed by atoms with Gasteiger partial charge in [0.05, 0.1) is 31.8 Å². The summed E-state index contributed by atoms with van der Waals surface area (Å²) in [5, 5.41) is 53.7. The molecule has 0 aromatic heterocycles. The number of phenols is 2. The second kappa shape index (κ2) is 14.0. The van der Waals surface area contributed by atoms with Gasteiger partial charge in [0.25, 0.3) is 0 Å². The summed E-state index contributed by atoms with van der Waals surface area (Å²) >= 11 is 0. The van der Waals surface area contributed by atoms with E-state index in [0.29, 0.717) is 11.5 Å². The monoisotopic (exact) mass is 548 g/mol. The Kier molecular flexibility index (Phi) is 13.2. The first-order valence-electron chi connectivity index (χ1n) is 13.6. The SMILES string of the molecule is CC(C)(C)c1ccc(O)c(C(C)(C)C)c1.CC(C)(C)c1ccc(O)c(C(C)(C)C)c1.OCC(CO)(CO)CO. The van der Waals surface area contributed by atoms with Crippen molar-refractivity contribution in [3.63, 3.8) is 0 Å². The standard InChI is InChI=1S/2C14H22O.C5H12O4/c2*1-13(2,3)10-7-8-12(15)11(9-10)14(4,5)6;6-1-5(2-7,3-8)4-9/h2*7-9,15H,1-6H3;6-9H,1-4H2. The van der Waals surface area contributed by atoms with Gasteiger partial charge in [-0.25, -0.2) is 0 Å². The van der Waals surface area contributed by atoms with Crippen LogP contribution in [-0.2, 0) is 21.7 Å². The zero-order valence-electron chi connectivity index (χ0n) is 26.5. The van der Waals surface area contributed by atoms with Crippen LogP contribution in [0.25, 0.3) is 0 Å². The Morgan fingerprint density at radius 2 is 0.692 bits per heavy atom. The van der Waals surface area contributed by atoms with E-state index >= 15 is 0 Å². The van der Waals surface area contributed by atoms with Crippen LogP contribution in [0.5, 0.6) is 11.5 Å². The van der Waals surface area contributed by atoms with Crippen molar-refractivity contribution in [2.75, 3.05) is 26.4 Å². The lowest BCUT2D eigenvalue weighted by molar-refractivity contribution is -0.0328. The summed E-state index contributed by atoms with van der Waals surface area (Å²) in [6, 6.07) is 11.9. The van der Waals surface area contributed by atoms with E-state index in [-0.39, 0.29) is 21.7 Å². The maximum atomic E-state index is 9.84. The van der Waals surface area contributed by atoms with Crippen molar-refractivity contribution in [1.82, 2.24) is 0 Å². The first kappa shape index (κ1) is 36.9. The van der Waals surface area contributed by atoms with E-state index in [1.807, 2.05) is 12.1 Å². The molecule has 6 nitrogen and oxygen atoms in total. The summed E-state index contributed by atoms with van der Waals surface area (Å²) in [6.07, 6.45) is 0. The van der Waals surface area contributed by atoms with E-state index in [2.05, 4.69) is 95.2 Å². The predicted octanol–water partition coefficient (Wildman–Crippen LogP) is 5.92. The highest BCUT2D eigenvalue weighted by atomic mass is 16.3. The zero-order valence-corrected chi connectivity index (χ0v) is 26.5. The van der Waals surface area contributed by atoms with E-state index in [1.165, 1.54) is 11.1 Å². The molecule has 0 bridgehead atoms. The fourth-order valence-electron chi connectivity index (χ4n) is 3.51. The van der Waals surface area contributed by atoms with Gasteiger partial charge in [-0.1, -0.05) is 107 Å². The van der Waals surface area contributed by atoms with Crippen LogP contribution >= 0.6 is 0 Å². The van der Waals surface area contributed by atoms with E-state index in [0.717, 1.165) is 11.1 Å². The molecule has 0 aliphatic heterocycles. The number of aromatic hydroxyl groups is 2. The summed E-state index contributed by atoms with van der Waals surface area (Å²) in [5.41, 5.74) is 3.72. The summed E-state index contributed by atoms with van der Waals surface area (Å²) in [4.78, 5) is 0. The third-order valence-electron chi connectivity index (χ3n) is 6.68. The normalized spacial score (nSPS) is 12.7. The van der Waals surface area contributed by atoms with Crippen molar-refractivity contribution in [3.05, 3.63) is 58.7 Å². The molecule has 39 heavy (non-hydrogen) atoms. The number of hydrogen-bond acceptors (Lipinski definition) is 6. The molecule has 0 saturated heterocycles. The molecule has 0 saturated carbocycles. The molecule has 0 atom stereocenters. The molecule has 224 valence electrons. The third-order valence-corrected chi connectivity index (χ3v) is 6.68. The Hall–Kier alpha value is -2.12. The lowest BCUT2D eigenvalue weighted by atomic mass is 9.80. The Bertz CT molecular complexity index is 919. The van der Waals surface area contributed by atoms with Gasteiger partial charge in [0.1, 0.15) is 11.5 Å². The van der Waals surface area contributed by atoms with Gasteiger partial charge in [-0.15, -0.1) is 0 Å². The Labute approximate surface area is 237 Å². The molecule has 0 aliphatic carbocycles. The maximum absolute atomic E-state index is 9.84. The van der Waals surface area contributed by atoms with Crippen LogP contribution in [0.1, 0.15) is 105 Å². The number of benzene rings is 2. The Balaban J connectivity index is 0.000000576. The number of aliphatic hydroxyl groups excluding tert-OH is 4. The summed E-state index contributed by atoms with van der Waals surface area (Å²) in [7, 11) is 0. The molecule has 0 spiro atoms. The first-order valence-corrected chi connectivity index (χ1v) is 13.6. The van der Waals surface area contributed by atoms with E-state index in [1.54, 1.807) is 12.1 Å². The number of rotatable bonds is 4. The molecule has 2 aromatic rings. The summed E-state index contributed by atoms with van der Waals surface area (Å²) in [5.74, 6) is 0.797.